The van der Waals surface area contributed by atoms with Crippen LogP contribution in [0.1, 0.15) is 13.8 Å². The highest BCUT2D eigenvalue weighted by molar-refractivity contribution is 6.02. The summed E-state index contributed by atoms with van der Waals surface area (Å²) < 4.78 is 22.0. The second kappa shape index (κ2) is 6.42. The van der Waals surface area contributed by atoms with Crippen LogP contribution >= 0.6 is 0 Å². The molecule has 0 spiro atoms. The number of pyridine rings is 1. The van der Waals surface area contributed by atoms with Crippen molar-refractivity contribution in [3.63, 3.8) is 0 Å². The molecule has 0 saturated heterocycles. The van der Waals surface area contributed by atoms with Crippen molar-refractivity contribution in [2.24, 2.45) is 0 Å². The molecule has 0 bridgehead atoms. The number of ether oxygens (including phenoxy) is 3. The van der Waals surface area contributed by atoms with Gasteiger partial charge in [-0.05, 0) is 32.0 Å². The van der Waals surface area contributed by atoms with Crippen LogP contribution in [0.25, 0.3) is 22.0 Å². The van der Waals surface area contributed by atoms with Crippen molar-refractivity contribution in [3.8, 4) is 17.2 Å². The van der Waals surface area contributed by atoms with Crippen LogP contribution in [0.4, 0.5) is 0 Å². The predicted octanol–water partition coefficient (Wildman–Crippen LogP) is 2.51. The number of aliphatic hydroxyl groups excluding tert-OH is 1. The van der Waals surface area contributed by atoms with Gasteiger partial charge in [0, 0.05) is 5.39 Å². The fourth-order valence-corrected chi connectivity index (χ4v) is 2.53. The van der Waals surface area contributed by atoms with E-state index in [1.165, 1.54) is 27.2 Å². The highest BCUT2D eigenvalue weighted by atomic mass is 16.5. The maximum absolute atomic E-state index is 10.1. The van der Waals surface area contributed by atoms with E-state index in [1.54, 1.807) is 19.2 Å². The van der Waals surface area contributed by atoms with Crippen LogP contribution in [0.3, 0.4) is 0 Å². The molecule has 2 aromatic heterocycles. The van der Waals surface area contributed by atoms with Crippen molar-refractivity contribution in [1.29, 1.82) is 0 Å². The SMILES string of the molecule is COc1ccc2c(OC[C@H](O)C(C)(C)O)c3ccoc3nc2c1OC. The molecule has 1 atom stereocenters. The maximum Gasteiger partial charge on any atom is 0.230 e. The fraction of sp³-hybridized carbons (Fsp3) is 0.389. The normalized spacial score (nSPS) is 13.2. The molecule has 0 fully saturated rings. The number of fused-ring (bicyclic) bond motifs is 2. The third-order valence-corrected chi connectivity index (χ3v) is 4.07. The number of nitrogens with zero attached hydrogens (tertiary/aromatic N) is 1. The van der Waals surface area contributed by atoms with Gasteiger partial charge in [-0.25, -0.2) is 4.98 Å². The van der Waals surface area contributed by atoms with Crippen molar-refractivity contribution in [2.45, 2.75) is 25.6 Å². The summed E-state index contributed by atoms with van der Waals surface area (Å²) in [6.07, 6.45) is 0.456. The Morgan fingerprint density at radius 1 is 1.12 bits per heavy atom. The second-order valence-corrected chi connectivity index (χ2v) is 6.26. The predicted molar refractivity (Wildman–Crippen MR) is 92.4 cm³/mol. The van der Waals surface area contributed by atoms with Gasteiger partial charge in [-0.2, -0.15) is 0 Å². The summed E-state index contributed by atoms with van der Waals surface area (Å²) in [5, 5.41) is 21.3. The second-order valence-electron chi connectivity index (χ2n) is 6.26. The molecule has 0 aliphatic heterocycles. The number of hydrogen-bond acceptors (Lipinski definition) is 7. The first-order valence-corrected chi connectivity index (χ1v) is 7.82. The number of aliphatic hydroxyl groups is 2. The molecule has 2 N–H and O–H groups in total. The molecule has 0 unspecified atom stereocenters. The Morgan fingerprint density at radius 2 is 1.88 bits per heavy atom. The highest BCUT2D eigenvalue weighted by Gasteiger charge is 2.26. The molecule has 3 aromatic rings. The minimum absolute atomic E-state index is 0.0861. The lowest BCUT2D eigenvalue weighted by atomic mass is 10.0. The maximum atomic E-state index is 10.1. The molecular weight excluding hydrogens is 326 g/mol. The van der Waals surface area contributed by atoms with E-state index in [-0.39, 0.29) is 6.61 Å². The van der Waals surface area contributed by atoms with E-state index in [2.05, 4.69) is 4.98 Å². The average Bonchev–Trinajstić information content (AvgIpc) is 3.04. The van der Waals surface area contributed by atoms with Crippen LogP contribution in [-0.2, 0) is 0 Å². The number of methoxy groups -OCH3 is 2. The number of benzene rings is 1. The van der Waals surface area contributed by atoms with Crippen molar-refractivity contribution < 1.29 is 28.8 Å². The Kier molecular flexibility index (Phi) is 4.45. The summed E-state index contributed by atoms with van der Waals surface area (Å²) in [5.41, 5.74) is -0.372. The van der Waals surface area contributed by atoms with E-state index < -0.39 is 11.7 Å². The molecule has 0 saturated carbocycles. The van der Waals surface area contributed by atoms with E-state index in [1.807, 2.05) is 6.07 Å². The number of furan rings is 1. The van der Waals surface area contributed by atoms with Crippen LogP contribution < -0.4 is 14.2 Å². The largest absolute Gasteiger partial charge is 0.493 e. The molecule has 134 valence electrons. The molecule has 25 heavy (non-hydrogen) atoms. The summed E-state index contributed by atoms with van der Waals surface area (Å²) in [5.74, 6) is 1.50. The standard InChI is InChI=1S/C18H21NO6/c1-18(2,21)13(20)9-25-15-10-5-6-12(22-3)16(23-4)14(10)19-17-11(15)7-8-24-17/h5-8,13,20-21H,9H2,1-4H3/t13-/m0/s1. The van der Waals surface area contributed by atoms with Crippen molar-refractivity contribution in [2.75, 3.05) is 20.8 Å². The molecule has 3 rings (SSSR count). The van der Waals surface area contributed by atoms with E-state index in [4.69, 9.17) is 18.6 Å². The van der Waals surface area contributed by atoms with Crippen LogP contribution in [0.5, 0.6) is 17.2 Å². The summed E-state index contributed by atoms with van der Waals surface area (Å²) in [7, 11) is 3.08. The zero-order chi connectivity index (χ0) is 18.2. The lowest BCUT2D eigenvalue weighted by Gasteiger charge is -2.24. The van der Waals surface area contributed by atoms with Crippen molar-refractivity contribution in [1.82, 2.24) is 4.98 Å². The Morgan fingerprint density at radius 3 is 2.52 bits per heavy atom. The average molecular weight is 347 g/mol. The lowest BCUT2D eigenvalue weighted by molar-refractivity contribution is -0.0658. The zero-order valence-electron chi connectivity index (χ0n) is 14.6. The molecule has 7 nitrogen and oxygen atoms in total. The van der Waals surface area contributed by atoms with E-state index in [9.17, 15) is 10.2 Å². The van der Waals surface area contributed by atoms with Gasteiger partial charge in [0.1, 0.15) is 24.0 Å². The van der Waals surface area contributed by atoms with E-state index >= 15 is 0 Å². The van der Waals surface area contributed by atoms with Gasteiger partial charge in [0.25, 0.3) is 0 Å². The summed E-state index contributed by atoms with van der Waals surface area (Å²) in [6.45, 7) is 2.96. The monoisotopic (exact) mass is 347 g/mol. The quantitative estimate of drug-likeness (QED) is 0.707. The van der Waals surface area contributed by atoms with Gasteiger partial charge >= 0.3 is 0 Å². The molecule has 0 aliphatic rings. The zero-order valence-corrected chi connectivity index (χ0v) is 14.6. The minimum atomic E-state index is -1.28. The molecular formula is C18H21NO6. The lowest BCUT2D eigenvalue weighted by Crippen LogP contribution is -2.40. The molecule has 2 heterocycles. The highest BCUT2D eigenvalue weighted by Crippen LogP contribution is 2.41. The summed E-state index contributed by atoms with van der Waals surface area (Å²) in [4.78, 5) is 4.49. The van der Waals surface area contributed by atoms with Gasteiger partial charge in [0.15, 0.2) is 11.5 Å². The molecule has 0 aliphatic carbocycles. The first-order chi connectivity index (χ1) is 11.9. The molecule has 1 aromatic carbocycles. The van der Waals surface area contributed by atoms with Gasteiger partial charge in [0.2, 0.25) is 5.71 Å². The minimum Gasteiger partial charge on any atom is -0.493 e. The molecule has 7 heteroatoms. The summed E-state index contributed by atoms with van der Waals surface area (Å²) >= 11 is 0. The Labute approximate surface area is 144 Å². The Balaban J connectivity index is 2.16. The van der Waals surface area contributed by atoms with Crippen LogP contribution in [0, 0.1) is 0 Å². The molecule has 0 radical (unpaired) electrons. The van der Waals surface area contributed by atoms with Crippen LogP contribution in [0.15, 0.2) is 28.9 Å². The van der Waals surface area contributed by atoms with Crippen molar-refractivity contribution in [3.05, 3.63) is 24.5 Å². The Bertz CT molecular complexity index is 896. The van der Waals surface area contributed by atoms with Crippen molar-refractivity contribution >= 4 is 22.0 Å². The van der Waals surface area contributed by atoms with E-state index in [0.717, 1.165) is 0 Å². The first-order valence-electron chi connectivity index (χ1n) is 7.82. The number of rotatable bonds is 6. The molecule has 0 amide bonds. The third kappa shape index (κ3) is 3.08. The third-order valence-electron chi connectivity index (χ3n) is 4.07. The number of aromatic nitrogens is 1. The van der Waals surface area contributed by atoms with Crippen LogP contribution in [0.2, 0.25) is 0 Å². The van der Waals surface area contributed by atoms with Gasteiger partial charge in [-0.1, -0.05) is 0 Å². The van der Waals surface area contributed by atoms with E-state index in [0.29, 0.717) is 39.3 Å². The fourth-order valence-electron chi connectivity index (χ4n) is 2.53. The van der Waals surface area contributed by atoms with Gasteiger partial charge in [-0.3, -0.25) is 0 Å². The first kappa shape index (κ1) is 17.3. The topological polar surface area (TPSA) is 94.2 Å². The number of hydrogen-bond donors (Lipinski definition) is 2. The Hall–Kier alpha value is -2.51. The van der Waals surface area contributed by atoms with Crippen LogP contribution in [-0.4, -0.2) is 47.7 Å². The smallest absolute Gasteiger partial charge is 0.230 e. The summed E-state index contributed by atoms with van der Waals surface area (Å²) in [6, 6.07) is 5.31. The van der Waals surface area contributed by atoms with Gasteiger partial charge in [0.05, 0.1) is 31.5 Å². The van der Waals surface area contributed by atoms with Gasteiger partial charge < -0.3 is 28.8 Å². The van der Waals surface area contributed by atoms with Gasteiger partial charge in [-0.15, -0.1) is 0 Å².